The van der Waals surface area contributed by atoms with E-state index in [4.69, 9.17) is 15.2 Å². The Morgan fingerprint density at radius 1 is 1.30 bits per heavy atom. The summed E-state index contributed by atoms with van der Waals surface area (Å²) in [5, 5.41) is 0. The summed E-state index contributed by atoms with van der Waals surface area (Å²) in [6.07, 6.45) is 4.57. The van der Waals surface area contributed by atoms with Gasteiger partial charge in [-0.2, -0.15) is 0 Å². The smallest absolute Gasteiger partial charge is 0.410 e. The fourth-order valence-corrected chi connectivity index (χ4v) is 2.25. The van der Waals surface area contributed by atoms with Gasteiger partial charge in [0, 0.05) is 49.9 Å². The van der Waals surface area contributed by atoms with Crippen LogP contribution in [0.1, 0.15) is 52.1 Å². The second kappa shape index (κ2) is 7.12. The highest BCUT2D eigenvalue weighted by Crippen LogP contribution is 2.19. The molecular weight excluding hydrogens is 296 g/mol. The fourth-order valence-electron chi connectivity index (χ4n) is 2.25. The Kier molecular flexibility index (Phi) is 5.41. The molecule has 23 heavy (non-hydrogen) atoms. The number of nitrogens with two attached hydrogens (primary N) is 1. The summed E-state index contributed by atoms with van der Waals surface area (Å²) in [7, 11) is 0. The molecule has 1 unspecified atom stereocenters. The van der Waals surface area contributed by atoms with Crippen molar-refractivity contribution >= 4 is 6.09 Å². The van der Waals surface area contributed by atoms with Gasteiger partial charge < -0.3 is 20.1 Å². The molecule has 1 aliphatic heterocycles. The number of nitrogens with zero attached hydrogens (tertiary/aromatic N) is 3. The Labute approximate surface area is 137 Å². The number of carbonyl (C=O) groups excluding carboxylic acids is 1. The first-order valence-electron chi connectivity index (χ1n) is 7.97. The highest BCUT2D eigenvalue weighted by Gasteiger charge is 2.27. The number of rotatable bonds is 3. The van der Waals surface area contributed by atoms with Crippen LogP contribution in [0.15, 0.2) is 12.4 Å². The van der Waals surface area contributed by atoms with Crippen LogP contribution >= 0.6 is 0 Å². The first-order chi connectivity index (χ1) is 10.7. The Balaban J connectivity index is 1.81. The normalized spacial score (nSPS) is 17.7. The summed E-state index contributed by atoms with van der Waals surface area (Å²) < 4.78 is 11.2. The summed E-state index contributed by atoms with van der Waals surface area (Å²) in [4.78, 5) is 22.1. The summed E-state index contributed by atoms with van der Waals surface area (Å²) in [5.41, 5.74) is 6.17. The van der Waals surface area contributed by atoms with Crippen LogP contribution in [-0.4, -0.2) is 45.8 Å². The quantitative estimate of drug-likeness (QED) is 0.918. The molecule has 2 rings (SSSR count). The van der Waals surface area contributed by atoms with Crippen LogP contribution in [0, 0.1) is 0 Å². The molecule has 0 spiro atoms. The van der Waals surface area contributed by atoms with Crippen molar-refractivity contribution in [2.75, 3.05) is 13.1 Å². The minimum Gasteiger partial charge on any atom is -0.460 e. The average molecular weight is 322 g/mol. The molecule has 128 valence electrons. The van der Waals surface area contributed by atoms with Crippen molar-refractivity contribution < 1.29 is 14.3 Å². The van der Waals surface area contributed by atoms with E-state index in [0.29, 0.717) is 19.1 Å². The van der Waals surface area contributed by atoms with Gasteiger partial charge in [-0.25, -0.2) is 14.8 Å². The van der Waals surface area contributed by atoms with E-state index in [2.05, 4.69) is 9.97 Å². The molecule has 2 heterocycles. The van der Waals surface area contributed by atoms with E-state index < -0.39 is 5.60 Å². The van der Waals surface area contributed by atoms with Crippen molar-refractivity contribution in [2.24, 2.45) is 5.73 Å². The zero-order chi connectivity index (χ0) is 17.0. The summed E-state index contributed by atoms with van der Waals surface area (Å²) in [6, 6.07) is 0.256. The molecule has 1 aliphatic rings. The van der Waals surface area contributed by atoms with Crippen LogP contribution in [0.5, 0.6) is 6.01 Å². The summed E-state index contributed by atoms with van der Waals surface area (Å²) in [5.74, 6) is 0. The lowest BCUT2D eigenvalue weighted by molar-refractivity contribution is 0.0119. The van der Waals surface area contributed by atoms with Gasteiger partial charge in [-0.15, -0.1) is 0 Å². The van der Waals surface area contributed by atoms with Gasteiger partial charge in [-0.3, -0.25) is 0 Å². The molecule has 0 saturated carbocycles. The second-order valence-electron chi connectivity index (χ2n) is 6.87. The van der Waals surface area contributed by atoms with Crippen LogP contribution < -0.4 is 10.5 Å². The third-order valence-corrected chi connectivity index (χ3v) is 3.54. The molecule has 1 aromatic rings. The van der Waals surface area contributed by atoms with E-state index in [0.717, 1.165) is 18.4 Å². The fraction of sp³-hybridized carbons (Fsp3) is 0.688. The molecule has 2 N–H and O–H groups in total. The molecule has 0 aliphatic carbocycles. The maximum absolute atomic E-state index is 12.0. The maximum Gasteiger partial charge on any atom is 0.410 e. The average Bonchev–Trinajstić information content (AvgIpc) is 2.46. The number of carbonyl (C=O) groups is 1. The third kappa shape index (κ3) is 5.35. The number of aromatic nitrogens is 2. The van der Waals surface area contributed by atoms with Gasteiger partial charge in [0.05, 0.1) is 0 Å². The van der Waals surface area contributed by atoms with Gasteiger partial charge in [0.1, 0.15) is 11.7 Å². The van der Waals surface area contributed by atoms with Crippen LogP contribution in [0.2, 0.25) is 0 Å². The van der Waals surface area contributed by atoms with Gasteiger partial charge in [0.25, 0.3) is 0 Å². The Morgan fingerprint density at radius 3 is 2.35 bits per heavy atom. The number of hydrogen-bond acceptors (Lipinski definition) is 6. The lowest BCUT2D eigenvalue weighted by Crippen LogP contribution is -2.44. The molecule has 0 radical (unpaired) electrons. The molecule has 7 heteroatoms. The van der Waals surface area contributed by atoms with Gasteiger partial charge in [0.15, 0.2) is 0 Å². The van der Waals surface area contributed by atoms with Crippen LogP contribution in [-0.2, 0) is 4.74 Å². The molecule has 1 saturated heterocycles. The molecule has 1 atom stereocenters. The molecule has 1 fully saturated rings. The summed E-state index contributed by atoms with van der Waals surface area (Å²) >= 11 is 0. The highest BCUT2D eigenvalue weighted by atomic mass is 16.6. The molecule has 1 aromatic heterocycles. The van der Waals surface area contributed by atoms with Gasteiger partial charge in [-0.05, 0) is 27.7 Å². The van der Waals surface area contributed by atoms with Crippen molar-refractivity contribution in [2.45, 2.75) is 58.3 Å². The standard InChI is InChI=1S/C16H26N4O3/c1-11(17)12-9-18-14(19-10-12)22-13-5-7-20(8-6-13)15(21)23-16(2,3)4/h9-11,13H,5-8,17H2,1-4H3. The Hall–Kier alpha value is -1.89. The Morgan fingerprint density at radius 2 is 1.87 bits per heavy atom. The molecule has 1 amide bonds. The lowest BCUT2D eigenvalue weighted by atomic mass is 10.1. The Bertz CT molecular complexity index is 517. The van der Waals surface area contributed by atoms with Crippen molar-refractivity contribution in [3.63, 3.8) is 0 Å². The number of hydrogen-bond donors (Lipinski definition) is 1. The monoisotopic (exact) mass is 322 g/mol. The van der Waals surface area contributed by atoms with Crippen molar-refractivity contribution in [1.29, 1.82) is 0 Å². The van der Waals surface area contributed by atoms with E-state index in [1.165, 1.54) is 0 Å². The van der Waals surface area contributed by atoms with Crippen LogP contribution in [0.4, 0.5) is 4.79 Å². The number of likely N-dealkylation sites (tertiary alicyclic amines) is 1. The van der Waals surface area contributed by atoms with Crippen molar-refractivity contribution in [1.82, 2.24) is 14.9 Å². The van der Waals surface area contributed by atoms with Crippen LogP contribution in [0.25, 0.3) is 0 Å². The number of amides is 1. The maximum atomic E-state index is 12.0. The van der Waals surface area contributed by atoms with E-state index in [1.807, 2.05) is 27.7 Å². The SMILES string of the molecule is CC(N)c1cnc(OC2CCN(C(=O)OC(C)(C)C)CC2)nc1. The largest absolute Gasteiger partial charge is 0.460 e. The lowest BCUT2D eigenvalue weighted by Gasteiger charge is -2.33. The third-order valence-electron chi connectivity index (χ3n) is 3.54. The zero-order valence-electron chi connectivity index (χ0n) is 14.3. The minimum atomic E-state index is -0.472. The van der Waals surface area contributed by atoms with Crippen molar-refractivity contribution in [3.8, 4) is 6.01 Å². The predicted octanol–water partition coefficient (Wildman–Crippen LogP) is 2.27. The van der Waals surface area contributed by atoms with E-state index in [-0.39, 0.29) is 18.2 Å². The molecule has 7 nitrogen and oxygen atoms in total. The van der Waals surface area contributed by atoms with Crippen molar-refractivity contribution in [3.05, 3.63) is 18.0 Å². The molecule has 0 aromatic carbocycles. The summed E-state index contributed by atoms with van der Waals surface area (Å²) in [6.45, 7) is 8.69. The van der Waals surface area contributed by atoms with Gasteiger partial charge in [0.2, 0.25) is 0 Å². The predicted molar refractivity (Wildman–Crippen MR) is 86.1 cm³/mol. The van der Waals surface area contributed by atoms with E-state index >= 15 is 0 Å². The molecule has 0 bridgehead atoms. The van der Waals surface area contributed by atoms with Gasteiger partial charge >= 0.3 is 12.1 Å². The minimum absolute atomic E-state index is 0.00911. The second-order valence-corrected chi connectivity index (χ2v) is 6.87. The topological polar surface area (TPSA) is 90.6 Å². The van der Waals surface area contributed by atoms with Crippen LogP contribution in [0.3, 0.4) is 0 Å². The zero-order valence-corrected chi connectivity index (χ0v) is 14.3. The highest BCUT2D eigenvalue weighted by molar-refractivity contribution is 5.68. The van der Waals surface area contributed by atoms with E-state index in [9.17, 15) is 4.79 Å². The number of ether oxygens (including phenoxy) is 2. The first-order valence-corrected chi connectivity index (χ1v) is 7.97. The number of piperidine rings is 1. The van der Waals surface area contributed by atoms with Gasteiger partial charge in [-0.1, -0.05) is 0 Å². The van der Waals surface area contributed by atoms with E-state index in [1.54, 1.807) is 17.3 Å². The first kappa shape index (κ1) is 17.5. The molecular formula is C16H26N4O3.